The zero-order valence-corrected chi connectivity index (χ0v) is 14.0. The van der Waals surface area contributed by atoms with E-state index in [4.69, 9.17) is 4.74 Å². The number of hydrogen-bond acceptors (Lipinski definition) is 5. The average Bonchev–Trinajstić information content (AvgIpc) is 2.42. The summed E-state index contributed by atoms with van der Waals surface area (Å²) >= 11 is 0. The Bertz CT molecular complexity index is 608. The molecular weight excluding hydrogens is 298 g/mol. The van der Waals surface area contributed by atoms with Crippen molar-refractivity contribution in [2.75, 3.05) is 25.0 Å². The molecule has 126 valence electrons. The largest absolute Gasteiger partial charge is 0.373 e. The molecule has 0 radical (unpaired) electrons. The second-order valence-corrected chi connectivity index (χ2v) is 6.16. The number of nitrogens with one attached hydrogen (secondary N) is 1. The lowest BCUT2D eigenvalue weighted by Crippen LogP contribution is -2.48. The van der Waals surface area contributed by atoms with Gasteiger partial charge in [0.05, 0.1) is 23.7 Å². The van der Waals surface area contributed by atoms with Crippen molar-refractivity contribution in [3.63, 3.8) is 0 Å². The molecule has 1 amide bonds. The Balaban J connectivity index is 2.11. The van der Waals surface area contributed by atoms with Crippen molar-refractivity contribution in [3.05, 3.63) is 33.4 Å². The molecule has 0 bridgehead atoms. The van der Waals surface area contributed by atoms with Crippen LogP contribution in [0.4, 0.5) is 11.4 Å². The Morgan fingerprint density at radius 3 is 2.52 bits per heavy atom. The van der Waals surface area contributed by atoms with Crippen LogP contribution >= 0.6 is 0 Å². The molecule has 7 heteroatoms. The van der Waals surface area contributed by atoms with Gasteiger partial charge in [-0.25, -0.2) is 0 Å². The normalized spacial score (nSPS) is 21.9. The van der Waals surface area contributed by atoms with Crippen LogP contribution in [0.25, 0.3) is 0 Å². The number of ether oxygens (including phenoxy) is 1. The van der Waals surface area contributed by atoms with Crippen LogP contribution in [0.3, 0.4) is 0 Å². The minimum atomic E-state index is -0.471. The minimum absolute atomic E-state index is 0.0709. The van der Waals surface area contributed by atoms with Crippen molar-refractivity contribution in [1.29, 1.82) is 0 Å². The zero-order valence-electron chi connectivity index (χ0n) is 14.0. The molecule has 1 aromatic rings. The summed E-state index contributed by atoms with van der Waals surface area (Å²) in [4.78, 5) is 25.0. The number of nitro benzene ring substituents is 1. The molecule has 2 atom stereocenters. The van der Waals surface area contributed by atoms with E-state index in [-0.39, 0.29) is 36.0 Å². The van der Waals surface area contributed by atoms with Gasteiger partial charge in [0, 0.05) is 19.2 Å². The molecule has 0 aliphatic carbocycles. The van der Waals surface area contributed by atoms with Gasteiger partial charge in [-0.15, -0.1) is 0 Å². The number of aryl methyl sites for hydroxylation is 1. The molecular formula is C16H23N3O4. The zero-order chi connectivity index (χ0) is 17.1. The minimum Gasteiger partial charge on any atom is -0.373 e. The van der Waals surface area contributed by atoms with Crippen molar-refractivity contribution < 1.29 is 14.5 Å². The van der Waals surface area contributed by atoms with Crippen molar-refractivity contribution in [2.45, 2.75) is 39.9 Å². The summed E-state index contributed by atoms with van der Waals surface area (Å²) in [5.74, 6) is -0.247. The van der Waals surface area contributed by atoms with E-state index < -0.39 is 4.92 Å². The van der Waals surface area contributed by atoms with Crippen LogP contribution in [-0.2, 0) is 9.53 Å². The third kappa shape index (κ3) is 4.27. The number of benzene rings is 1. The number of rotatable bonds is 4. The van der Waals surface area contributed by atoms with Crippen molar-refractivity contribution in [1.82, 2.24) is 4.90 Å². The van der Waals surface area contributed by atoms with Crippen LogP contribution in [0.15, 0.2) is 12.1 Å². The van der Waals surface area contributed by atoms with E-state index >= 15 is 0 Å². The molecule has 1 fully saturated rings. The summed E-state index contributed by atoms with van der Waals surface area (Å²) in [7, 11) is 0. The van der Waals surface area contributed by atoms with Crippen LogP contribution in [0.2, 0.25) is 0 Å². The standard InChI is InChI=1S/C16H23N3O4/c1-10-5-6-14(19(21)22)16(13(10)4)17-15(20)9-18-7-11(2)23-12(3)8-18/h5-6,11-12H,7-9H2,1-4H3,(H,17,20)/t11-,12+. The first-order valence-electron chi connectivity index (χ1n) is 7.70. The van der Waals surface area contributed by atoms with E-state index in [9.17, 15) is 14.9 Å². The molecule has 0 aromatic heterocycles. The predicted molar refractivity (Wildman–Crippen MR) is 87.6 cm³/mol. The molecule has 0 unspecified atom stereocenters. The highest BCUT2D eigenvalue weighted by molar-refractivity contribution is 5.95. The molecule has 2 rings (SSSR count). The highest BCUT2D eigenvalue weighted by Gasteiger charge is 2.25. The van der Waals surface area contributed by atoms with Gasteiger partial charge in [0.1, 0.15) is 5.69 Å². The fourth-order valence-electron chi connectivity index (χ4n) is 2.91. The number of anilines is 1. The number of morpholine rings is 1. The molecule has 7 nitrogen and oxygen atoms in total. The molecule has 1 N–H and O–H groups in total. The van der Waals surface area contributed by atoms with Crippen LogP contribution in [0.1, 0.15) is 25.0 Å². The first kappa shape index (κ1) is 17.4. The average molecular weight is 321 g/mol. The molecule has 0 saturated carbocycles. The van der Waals surface area contributed by atoms with E-state index in [0.717, 1.165) is 11.1 Å². The van der Waals surface area contributed by atoms with Gasteiger partial charge < -0.3 is 10.1 Å². The number of nitro groups is 1. The Hall–Kier alpha value is -1.99. The Morgan fingerprint density at radius 2 is 1.96 bits per heavy atom. The van der Waals surface area contributed by atoms with Crippen molar-refractivity contribution >= 4 is 17.3 Å². The molecule has 1 saturated heterocycles. The van der Waals surface area contributed by atoms with E-state index in [1.807, 2.05) is 25.7 Å². The lowest BCUT2D eigenvalue weighted by Gasteiger charge is -2.34. The fraction of sp³-hybridized carbons (Fsp3) is 0.562. The van der Waals surface area contributed by atoms with Gasteiger partial charge in [-0.1, -0.05) is 6.07 Å². The number of carbonyl (C=O) groups is 1. The smallest absolute Gasteiger partial charge is 0.293 e. The summed E-state index contributed by atoms with van der Waals surface area (Å²) < 4.78 is 5.64. The highest BCUT2D eigenvalue weighted by atomic mass is 16.6. The molecule has 0 spiro atoms. The van der Waals surface area contributed by atoms with Crippen LogP contribution < -0.4 is 5.32 Å². The predicted octanol–water partition coefficient (Wildman–Crippen LogP) is 2.26. The fourth-order valence-corrected chi connectivity index (χ4v) is 2.91. The second kappa shape index (κ2) is 7.06. The number of nitrogens with zero attached hydrogens (tertiary/aromatic N) is 2. The highest BCUT2D eigenvalue weighted by Crippen LogP contribution is 2.30. The van der Waals surface area contributed by atoms with Gasteiger partial charge in [-0.05, 0) is 38.8 Å². The van der Waals surface area contributed by atoms with Gasteiger partial charge in [-0.2, -0.15) is 0 Å². The summed E-state index contributed by atoms with van der Waals surface area (Å²) in [6.45, 7) is 9.12. The monoisotopic (exact) mass is 321 g/mol. The van der Waals surface area contributed by atoms with Crippen molar-refractivity contribution in [2.24, 2.45) is 0 Å². The van der Waals surface area contributed by atoms with E-state index in [1.165, 1.54) is 6.07 Å². The quantitative estimate of drug-likeness (QED) is 0.679. The van der Waals surface area contributed by atoms with Crippen LogP contribution in [0, 0.1) is 24.0 Å². The summed E-state index contributed by atoms with van der Waals surface area (Å²) in [6.07, 6.45) is 0.142. The van der Waals surface area contributed by atoms with Crippen LogP contribution in [-0.4, -0.2) is 47.6 Å². The lowest BCUT2D eigenvalue weighted by molar-refractivity contribution is -0.384. The van der Waals surface area contributed by atoms with E-state index in [2.05, 4.69) is 5.32 Å². The second-order valence-electron chi connectivity index (χ2n) is 6.16. The first-order valence-corrected chi connectivity index (χ1v) is 7.70. The Labute approximate surface area is 135 Å². The summed E-state index contributed by atoms with van der Waals surface area (Å²) in [5.41, 5.74) is 1.83. The molecule has 23 heavy (non-hydrogen) atoms. The Morgan fingerprint density at radius 1 is 1.35 bits per heavy atom. The maximum Gasteiger partial charge on any atom is 0.293 e. The lowest BCUT2D eigenvalue weighted by atomic mass is 10.1. The molecule has 1 heterocycles. The van der Waals surface area contributed by atoms with Gasteiger partial charge >= 0.3 is 0 Å². The summed E-state index contributed by atoms with van der Waals surface area (Å²) in [5, 5.41) is 13.9. The van der Waals surface area contributed by atoms with Gasteiger partial charge in [0.15, 0.2) is 0 Å². The maximum atomic E-state index is 12.3. The first-order chi connectivity index (χ1) is 10.8. The topological polar surface area (TPSA) is 84.7 Å². The SMILES string of the molecule is Cc1ccc([N+](=O)[O-])c(NC(=O)CN2C[C@@H](C)O[C@@H](C)C2)c1C. The third-order valence-electron chi connectivity index (χ3n) is 4.04. The van der Waals surface area contributed by atoms with Gasteiger partial charge in [0.2, 0.25) is 5.91 Å². The number of amides is 1. The summed E-state index contributed by atoms with van der Waals surface area (Å²) in [6, 6.07) is 3.12. The van der Waals surface area contributed by atoms with Crippen LogP contribution in [0.5, 0.6) is 0 Å². The van der Waals surface area contributed by atoms with E-state index in [0.29, 0.717) is 13.1 Å². The van der Waals surface area contributed by atoms with Gasteiger partial charge in [-0.3, -0.25) is 19.8 Å². The molecule has 1 aliphatic rings. The van der Waals surface area contributed by atoms with Crippen molar-refractivity contribution in [3.8, 4) is 0 Å². The molecule has 1 aliphatic heterocycles. The third-order valence-corrected chi connectivity index (χ3v) is 4.04. The number of carbonyl (C=O) groups excluding carboxylic acids is 1. The van der Waals surface area contributed by atoms with E-state index in [1.54, 1.807) is 13.0 Å². The maximum absolute atomic E-state index is 12.3. The van der Waals surface area contributed by atoms with Gasteiger partial charge in [0.25, 0.3) is 5.69 Å². The molecule has 1 aromatic carbocycles. The Kier molecular flexibility index (Phi) is 5.33. The number of hydrogen-bond donors (Lipinski definition) is 1.